The molecular formula is C13H25N. The Labute approximate surface area is 89.0 Å². The smallest absolute Gasteiger partial charge is 0.0138 e. The Morgan fingerprint density at radius 1 is 1.50 bits per heavy atom. The predicted octanol–water partition coefficient (Wildman–Crippen LogP) is 3.37. The maximum Gasteiger partial charge on any atom is 0.0138 e. The summed E-state index contributed by atoms with van der Waals surface area (Å²) in [5, 5.41) is 3.60. The van der Waals surface area contributed by atoms with E-state index in [2.05, 4.69) is 39.6 Å². The Morgan fingerprint density at radius 3 is 2.43 bits per heavy atom. The van der Waals surface area contributed by atoms with Crippen molar-refractivity contribution in [3.05, 3.63) is 12.2 Å². The molecule has 0 heterocycles. The lowest BCUT2D eigenvalue weighted by Gasteiger charge is -2.20. The molecule has 0 bridgehead atoms. The monoisotopic (exact) mass is 195 g/mol. The quantitative estimate of drug-likeness (QED) is 0.641. The van der Waals surface area contributed by atoms with Crippen molar-refractivity contribution in [2.75, 3.05) is 6.54 Å². The summed E-state index contributed by atoms with van der Waals surface area (Å²) in [6, 6.07) is 0.669. The molecule has 0 radical (unpaired) electrons. The molecule has 0 aromatic carbocycles. The lowest BCUT2D eigenvalue weighted by molar-refractivity contribution is 0.407. The molecule has 1 aliphatic carbocycles. The zero-order chi connectivity index (χ0) is 10.8. The number of rotatable bonds is 6. The summed E-state index contributed by atoms with van der Waals surface area (Å²) in [5.41, 5.74) is 1.96. The van der Waals surface area contributed by atoms with Crippen LogP contribution in [-0.4, -0.2) is 12.6 Å². The van der Waals surface area contributed by atoms with Gasteiger partial charge in [-0.3, -0.25) is 0 Å². The van der Waals surface area contributed by atoms with Crippen LogP contribution in [0.15, 0.2) is 12.2 Å². The van der Waals surface area contributed by atoms with Gasteiger partial charge in [0.1, 0.15) is 0 Å². The number of hydrogen-bond donors (Lipinski definition) is 1. The van der Waals surface area contributed by atoms with Crippen LogP contribution >= 0.6 is 0 Å². The maximum absolute atomic E-state index is 4.11. The number of hydrogen-bond acceptors (Lipinski definition) is 1. The number of nitrogens with one attached hydrogen (secondary N) is 1. The van der Waals surface area contributed by atoms with Gasteiger partial charge in [0, 0.05) is 6.04 Å². The van der Waals surface area contributed by atoms with Gasteiger partial charge in [0.05, 0.1) is 0 Å². The molecule has 1 heteroatoms. The molecule has 1 rings (SSSR count). The molecule has 2 atom stereocenters. The van der Waals surface area contributed by atoms with Crippen LogP contribution in [0.4, 0.5) is 0 Å². The third-order valence-corrected chi connectivity index (χ3v) is 3.55. The Hall–Kier alpha value is -0.300. The van der Waals surface area contributed by atoms with Gasteiger partial charge >= 0.3 is 0 Å². The first kappa shape index (κ1) is 11.8. The minimum Gasteiger partial charge on any atom is -0.314 e. The molecule has 0 spiro atoms. The van der Waals surface area contributed by atoms with Crippen molar-refractivity contribution in [2.45, 2.75) is 53.0 Å². The van der Waals surface area contributed by atoms with E-state index in [4.69, 9.17) is 0 Å². The molecule has 1 nitrogen and oxygen atoms in total. The highest BCUT2D eigenvalue weighted by Crippen LogP contribution is 2.54. The second kappa shape index (κ2) is 4.48. The lowest BCUT2D eigenvalue weighted by atomic mass is 9.97. The van der Waals surface area contributed by atoms with E-state index in [9.17, 15) is 0 Å². The van der Waals surface area contributed by atoms with Crippen LogP contribution < -0.4 is 5.32 Å². The molecule has 1 N–H and O–H groups in total. The predicted molar refractivity (Wildman–Crippen MR) is 63.4 cm³/mol. The summed E-state index contributed by atoms with van der Waals surface area (Å²) >= 11 is 0. The minimum absolute atomic E-state index is 0.570. The van der Waals surface area contributed by atoms with Gasteiger partial charge in [-0.05, 0) is 37.1 Å². The van der Waals surface area contributed by atoms with Crippen LogP contribution in [0.3, 0.4) is 0 Å². The molecule has 1 saturated carbocycles. The summed E-state index contributed by atoms with van der Waals surface area (Å²) in [7, 11) is 0. The van der Waals surface area contributed by atoms with Crippen molar-refractivity contribution in [3.8, 4) is 0 Å². The average Bonchev–Trinajstić information content (AvgIpc) is 2.74. The fourth-order valence-electron chi connectivity index (χ4n) is 2.27. The zero-order valence-electron chi connectivity index (χ0n) is 10.2. The summed E-state index contributed by atoms with van der Waals surface area (Å²) in [6.45, 7) is 14.3. The highest BCUT2D eigenvalue weighted by atomic mass is 14.9. The first-order valence-electron chi connectivity index (χ1n) is 5.91. The van der Waals surface area contributed by atoms with Gasteiger partial charge in [-0.1, -0.05) is 39.8 Å². The Bertz CT molecular complexity index is 205. The van der Waals surface area contributed by atoms with Crippen molar-refractivity contribution < 1.29 is 0 Å². The van der Waals surface area contributed by atoms with Gasteiger partial charge in [0.25, 0.3) is 0 Å². The minimum atomic E-state index is 0.570. The molecular weight excluding hydrogens is 170 g/mol. The highest BCUT2D eigenvalue weighted by molar-refractivity contribution is 5.07. The van der Waals surface area contributed by atoms with Gasteiger partial charge in [-0.15, -0.1) is 0 Å². The maximum atomic E-state index is 4.11. The molecule has 0 aromatic rings. The highest BCUT2D eigenvalue weighted by Gasteiger charge is 2.49. The van der Waals surface area contributed by atoms with E-state index >= 15 is 0 Å². The van der Waals surface area contributed by atoms with E-state index in [0.717, 1.165) is 18.9 Å². The standard InChI is InChI=1S/C13H25N/c1-6-10(3)8-12(14-7-2)11-9-13(11,4)5/h11-12,14H,3,6-9H2,1-2,4-5H3. The van der Waals surface area contributed by atoms with Crippen molar-refractivity contribution in [2.24, 2.45) is 11.3 Å². The molecule has 0 aliphatic heterocycles. The van der Waals surface area contributed by atoms with Gasteiger partial charge in [0.2, 0.25) is 0 Å². The fraction of sp³-hybridized carbons (Fsp3) is 0.846. The van der Waals surface area contributed by atoms with Gasteiger partial charge < -0.3 is 5.32 Å². The summed E-state index contributed by atoms with van der Waals surface area (Å²) in [6.07, 6.45) is 3.66. The SMILES string of the molecule is C=C(CC)CC(NCC)C1CC1(C)C. The largest absolute Gasteiger partial charge is 0.314 e. The van der Waals surface area contributed by atoms with Crippen molar-refractivity contribution in [1.82, 2.24) is 5.32 Å². The molecule has 0 amide bonds. The van der Waals surface area contributed by atoms with Crippen LogP contribution in [0, 0.1) is 11.3 Å². The normalized spacial score (nSPS) is 25.9. The zero-order valence-corrected chi connectivity index (χ0v) is 10.2. The van der Waals surface area contributed by atoms with E-state index in [1.54, 1.807) is 0 Å². The summed E-state index contributed by atoms with van der Waals surface area (Å²) in [5.74, 6) is 0.866. The molecule has 1 fully saturated rings. The summed E-state index contributed by atoms with van der Waals surface area (Å²) in [4.78, 5) is 0. The molecule has 0 saturated heterocycles. The van der Waals surface area contributed by atoms with Crippen molar-refractivity contribution in [3.63, 3.8) is 0 Å². The molecule has 0 aromatic heterocycles. The average molecular weight is 195 g/mol. The first-order valence-corrected chi connectivity index (χ1v) is 5.91. The molecule has 14 heavy (non-hydrogen) atoms. The Balaban J connectivity index is 2.44. The Morgan fingerprint density at radius 2 is 2.07 bits per heavy atom. The van der Waals surface area contributed by atoms with Crippen LogP contribution in [0.5, 0.6) is 0 Å². The van der Waals surface area contributed by atoms with Crippen LogP contribution in [0.1, 0.15) is 47.0 Å². The molecule has 1 aliphatic rings. The molecule has 82 valence electrons. The Kier molecular flexibility index (Phi) is 3.77. The topological polar surface area (TPSA) is 12.0 Å². The van der Waals surface area contributed by atoms with Gasteiger partial charge in [0.15, 0.2) is 0 Å². The van der Waals surface area contributed by atoms with Crippen LogP contribution in [0.2, 0.25) is 0 Å². The van der Waals surface area contributed by atoms with Crippen molar-refractivity contribution in [1.29, 1.82) is 0 Å². The van der Waals surface area contributed by atoms with Gasteiger partial charge in [-0.25, -0.2) is 0 Å². The van der Waals surface area contributed by atoms with Crippen LogP contribution in [-0.2, 0) is 0 Å². The van der Waals surface area contributed by atoms with Crippen LogP contribution in [0.25, 0.3) is 0 Å². The third-order valence-electron chi connectivity index (χ3n) is 3.55. The first-order chi connectivity index (χ1) is 6.51. The van der Waals surface area contributed by atoms with E-state index in [1.807, 2.05) is 0 Å². The summed E-state index contributed by atoms with van der Waals surface area (Å²) < 4.78 is 0. The lowest BCUT2D eigenvalue weighted by Crippen LogP contribution is -2.32. The van der Waals surface area contributed by atoms with Crippen molar-refractivity contribution >= 4 is 0 Å². The fourth-order valence-corrected chi connectivity index (χ4v) is 2.27. The van der Waals surface area contributed by atoms with E-state index in [0.29, 0.717) is 11.5 Å². The third kappa shape index (κ3) is 2.84. The molecule has 2 unspecified atom stereocenters. The van der Waals surface area contributed by atoms with E-state index < -0.39 is 0 Å². The second-order valence-corrected chi connectivity index (χ2v) is 5.27. The van der Waals surface area contributed by atoms with E-state index in [1.165, 1.54) is 18.4 Å². The second-order valence-electron chi connectivity index (χ2n) is 5.27. The van der Waals surface area contributed by atoms with Gasteiger partial charge in [-0.2, -0.15) is 0 Å². The van der Waals surface area contributed by atoms with E-state index in [-0.39, 0.29) is 0 Å².